The Morgan fingerprint density at radius 3 is 2.67 bits per heavy atom. The first-order chi connectivity index (χ1) is 9.99. The second kappa shape index (κ2) is 6.56. The quantitative estimate of drug-likeness (QED) is 0.901. The highest BCUT2D eigenvalue weighted by Gasteiger charge is 2.40. The fraction of sp³-hybridized carbons (Fsp3) is 0.467. The predicted octanol–water partition coefficient (Wildman–Crippen LogP) is 3.00. The van der Waals surface area contributed by atoms with Gasteiger partial charge in [-0.15, -0.1) is 0 Å². The van der Waals surface area contributed by atoms with E-state index >= 15 is 0 Å². The average molecular weight is 357 g/mol. The topological polar surface area (TPSA) is 49.4 Å². The molecule has 0 bridgehead atoms. The van der Waals surface area contributed by atoms with Crippen LogP contribution in [0.4, 0.5) is 10.1 Å². The van der Waals surface area contributed by atoms with Gasteiger partial charge in [0.1, 0.15) is 17.9 Å². The Labute approximate surface area is 131 Å². The second-order valence-corrected chi connectivity index (χ2v) is 5.93. The molecule has 1 N–H and O–H groups in total. The SMILES string of the molecule is CCCC1NC(=O)C(CC)N(c2cc(F)ccc2Br)C1=O. The molecule has 21 heavy (non-hydrogen) atoms. The molecule has 0 aliphatic carbocycles. The van der Waals surface area contributed by atoms with Gasteiger partial charge in [0.15, 0.2) is 0 Å². The summed E-state index contributed by atoms with van der Waals surface area (Å²) >= 11 is 3.34. The van der Waals surface area contributed by atoms with Crippen molar-refractivity contribution in [2.24, 2.45) is 0 Å². The van der Waals surface area contributed by atoms with Crippen LogP contribution in [0.1, 0.15) is 33.1 Å². The van der Waals surface area contributed by atoms with E-state index in [9.17, 15) is 14.0 Å². The minimum Gasteiger partial charge on any atom is -0.342 e. The van der Waals surface area contributed by atoms with Gasteiger partial charge >= 0.3 is 0 Å². The molecule has 0 spiro atoms. The van der Waals surface area contributed by atoms with Crippen molar-refractivity contribution in [3.8, 4) is 0 Å². The molecule has 1 aromatic carbocycles. The molecule has 2 atom stereocenters. The number of nitrogens with one attached hydrogen (secondary N) is 1. The zero-order chi connectivity index (χ0) is 15.6. The molecule has 1 fully saturated rings. The number of hydrogen-bond donors (Lipinski definition) is 1. The van der Waals surface area contributed by atoms with Gasteiger partial charge in [0.05, 0.1) is 5.69 Å². The molecule has 0 radical (unpaired) electrons. The summed E-state index contributed by atoms with van der Waals surface area (Å²) in [5, 5.41) is 2.76. The zero-order valence-electron chi connectivity index (χ0n) is 12.0. The Balaban J connectivity index is 2.46. The van der Waals surface area contributed by atoms with Gasteiger partial charge in [-0.3, -0.25) is 14.5 Å². The monoisotopic (exact) mass is 356 g/mol. The lowest BCUT2D eigenvalue weighted by atomic mass is 10.0. The van der Waals surface area contributed by atoms with E-state index < -0.39 is 17.9 Å². The molecule has 2 unspecified atom stereocenters. The van der Waals surface area contributed by atoms with E-state index in [1.54, 1.807) is 6.07 Å². The van der Waals surface area contributed by atoms with Crippen LogP contribution >= 0.6 is 15.9 Å². The van der Waals surface area contributed by atoms with Crippen molar-refractivity contribution in [3.05, 3.63) is 28.5 Å². The molecule has 1 saturated heterocycles. The largest absolute Gasteiger partial charge is 0.342 e. The minimum atomic E-state index is -0.608. The number of anilines is 1. The van der Waals surface area contributed by atoms with Crippen LogP contribution in [0, 0.1) is 5.82 Å². The van der Waals surface area contributed by atoms with Crippen LogP contribution in [-0.2, 0) is 9.59 Å². The molecule has 114 valence electrons. The highest BCUT2D eigenvalue weighted by Crippen LogP contribution is 2.31. The van der Waals surface area contributed by atoms with Crippen LogP contribution < -0.4 is 10.2 Å². The van der Waals surface area contributed by atoms with Crippen molar-refractivity contribution in [1.29, 1.82) is 0 Å². The first-order valence-electron chi connectivity index (χ1n) is 7.08. The van der Waals surface area contributed by atoms with Crippen molar-refractivity contribution in [1.82, 2.24) is 5.32 Å². The minimum absolute atomic E-state index is 0.186. The third-order valence-corrected chi connectivity index (χ3v) is 4.27. The highest BCUT2D eigenvalue weighted by atomic mass is 79.9. The first-order valence-corrected chi connectivity index (χ1v) is 7.87. The van der Waals surface area contributed by atoms with Crippen molar-refractivity contribution in [3.63, 3.8) is 0 Å². The van der Waals surface area contributed by atoms with E-state index in [0.717, 1.165) is 6.42 Å². The van der Waals surface area contributed by atoms with Crippen LogP contribution in [0.2, 0.25) is 0 Å². The van der Waals surface area contributed by atoms with Gasteiger partial charge in [0.2, 0.25) is 11.8 Å². The Morgan fingerprint density at radius 2 is 2.05 bits per heavy atom. The lowest BCUT2D eigenvalue weighted by Gasteiger charge is -2.39. The maximum atomic E-state index is 13.5. The zero-order valence-corrected chi connectivity index (χ0v) is 13.6. The maximum Gasteiger partial charge on any atom is 0.250 e. The fourth-order valence-corrected chi connectivity index (χ4v) is 3.02. The summed E-state index contributed by atoms with van der Waals surface area (Å²) in [5.41, 5.74) is 0.405. The molecular formula is C15H18BrFN2O2. The van der Waals surface area contributed by atoms with Gasteiger partial charge in [-0.2, -0.15) is 0 Å². The van der Waals surface area contributed by atoms with Crippen LogP contribution in [0.3, 0.4) is 0 Å². The molecular weight excluding hydrogens is 339 g/mol. The van der Waals surface area contributed by atoms with E-state index in [1.165, 1.54) is 17.0 Å². The summed E-state index contributed by atoms with van der Waals surface area (Å²) < 4.78 is 14.1. The Morgan fingerprint density at radius 1 is 1.33 bits per heavy atom. The summed E-state index contributed by atoms with van der Waals surface area (Å²) in [4.78, 5) is 26.3. The Kier molecular flexibility index (Phi) is 4.98. The summed E-state index contributed by atoms with van der Waals surface area (Å²) in [6.07, 6.45) is 1.83. The average Bonchev–Trinajstić information content (AvgIpc) is 2.45. The normalized spacial score (nSPS) is 22.4. The van der Waals surface area contributed by atoms with Gasteiger partial charge in [0, 0.05) is 4.47 Å². The molecule has 2 rings (SSSR count). The predicted molar refractivity (Wildman–Crippen MR) is 82.5 cm³/mol. The van der Waals surface area contributed by atoms with E-state index in [1.807, 2.05) is 13.8 Å². The van der Waals surface area contributed by atoms with Crippen LogP contribution in [0.25, 0.3) is 0 Å². The van der Waals surface area contributed by atoms with E-state index in [-0.39, 0.29) is 11.8 Å². The molecule has 0 aromatic heterocycles. The summed E-state index contributed by atoms with van der Waals surface area (Å²) in [7, 11) is 0. The van der Waals surface area contributed by atoms with E-state index in [4.69, 9.17) is 0 Å². The number of piperazine rings is 1. The van der Waals surface area contributed by atoms with Gasteiger partial charge in [-0.25, -0.2) is 4.39 Å². The number of amides is 2. The molecule has 2 amide bonds. The summed E-state index contributed by atoms with van der Waals surface area (Å²) in [5.74, 6) is -0.810. The molecule has 1 aromatic rings. The number of benzene rings is 1. The highest BCUT2D eigenvalue weighted by molar-refractivity contribution is 9.10. The first kappa shape index (κ1) is 15.9. The maximum absolute atomic E-state index is 13.5. The Bertz CT molecular complexity index is 565. The number of halogens is 2. The van der Waals surface area contributed by atoms with Gasteiger partial charge in [0.25, 0.3) is 0 Å². The number of carbonyl (C=O) groups is 2. The second-order valence-electron chi connectivity index (χ2n) is 5.08. The summed E-state index contributed by atoms with van der Waals surface area (Å²) in [6.45, 7) is 3.78. The van der Waals surface area contributed by atoms with E-state index in [0.29, 0.717) is 23.0 Å². The van der Waals surface area contributed by atoms with Crippen molar-refractivity contribution < 1.29 is 14.0 Å². The number of carbonyl (C=O) groups excluding carboxylic acids is 2. The molecule has 6 heteroatoms. The number of hydrogen-bond acceptors (Lipinski definition) is 2. The van der Waals surface area contributed by atoms with Crippen LogP contribution in [0.5, 0.6) is 0 Å². The lowest BCUT2D eigenvalue weighted by Crippen LogP contribution is -2.63. The molecule has 0 saturated carbocycles. The van der Waals surface area contributed by atoms with Crippen LogP contribution in [0.15, 0.2) is 22.7 Å². The third kappa shape index (κ3) is 3.10. The number of nitrogens with zero attached hydrogens (tertiary/aromatic N) is 1. The number of rotatable bonds is 4. The van der Waals surface area contributed by atoms with Gasteiger partial charge in [-0.1, -0.05) is 20.3 Å². The molecule has 1 aliphatic heterocycles. The summed E-state index contributed by atoms with van der Waals surface area (Å²) in [6, 6.07) is 2.99. The molecule has 4 nitrogen and oxygen atoms in total. The standard InChI is InChI=1S/C15H18BrFN2O2/c1-3-5-11-15(21)19(12(4-2)14(20)18-11)13-8-9(17)6-7-10(13)16/h6-8,11-12H,3-5H2,1-2H3,(H,18,20). The van der Waals surface area contributed by atoms with Crippen molar-refractivity contribution >= 4 is 33.4 Å². The van der Waals surface area contributed by atoms with Gasteiger partial charge < -0.3 is 5.32 Å². The van der Waals surface area contributed by atoms with Crippen LogP contribution in [-0.4, -0.2) is 23.9 Å². The Hall–Kier alpha value is -1.43. The van der Waals surface area contributed by atoms with E-state index in [2.05, 4.69) is 21.2 Å². The smallest absolute Gasteiger partial charge is 0.250 e. The lowest BCUT2D eigenvalue weighted by molar-refractivity contribution is -0.134. The van der Waals surface area contributed by atoms with Crippen molar-refractivity contribution in [2.75, 3.05) is 4.90 Å². The molecule has 1 aliphatic rings. The van der Waals surface area contributed by atoms with Crippen molar-refractivity contribution in [2.45, 2.75) is 45.2 Å². The third-order valence-electron chi connectivity index (χ3n) is 3.60. The fourth-order valence-electron chi connectivity index (χ4n) is 2.58. The van der Waals surface area contributed by atoms with Gasteiger partial charge in [-0.05, 0) is 47.0 Å². The molecule has 1 heterocycles.